The van der Waals surface area contributed by atoms with Crippen molar-refractivity contribution in [1.82, 2.24) is 14.7 Å². The van der Waals surface area contributed by atoms with Crippen LogP contribution in [0.2, 0.25) is 0 Å². The van der Waals surface area contributed by atoms with Crippen molar-refractivity contribution in [2.24, 2.45) is 0 Å². The number of carbonyl (C=O) groups is 1. The normalized spacial score (nSPS) is 10.6. The molecule has 1 aromatic heterocycles. The van der Waals surface area contributed by atoms with Gasteiger partial charge in [0.1, 0.15) is 12.3 Å². The predicted molar refractivity (Wildman–Crippen MR) is 76.3 cm³/mol. The number of aryl methyl sites for hydroxylation is 2. The average Bonchev–Trinajstić information content (AvgIpc) is 2.70. The molecule has 0 fully saturated rings. The molecule has 0 saturated heterocycles. The maximum absolute atomic E-state index is 12.2. The molecule has 0 aliphatic rings. The zero-order valence-corrected chi connectivity index (χ0v) is 12.0. The van der Waals surface area contributed by atoms with Crippen molar-refractivity contribution < 1.29 is 9.90 Å². The van der Waals surface area contributed by atoms with Crippen molar-refractivity contribution in [2.75, 3.05) is 7.05 Å². The predicted octanol–water partition coefficient (Wildman–Crippen LogP) is 1.86. The van der Waals surface area contributed by atoms with Gasteiger partial charge in [0.05, 0.1) is 5.69 Å². The first-order valence-corrected chi connectivity index (χ1v) is 6.48. The van der Waals surface area contributed by atoms with Crippen LogP contribution in [0.25, 0.3) is 0 Å². The van der Waals surface area contributed by atoms with Gasteiger partial charge in [-0.15, -0.1) is 0 Å². The lowest BCUT2D eigenvalue weighted by Gasteiger charge is -2.17. The minimum absolute atomic E-state index is 0.00396. The molecular formula is C15H19N3O2. The Labute approximate surface area is 118 Å². The summed E-state index contributed by atoms with van der Waals surface area (Å²) < 4.78 is 1.71. The SMILES string of the molecule is Cc1cc(C)n(CC(=O)N(C)Cc2ccc(O)cc2)n1. The molecule has 5 nitrogen and oxygen atoms in total. The molecular weight excluding hydrogens is 254 g/mol. The van der Waals surface area contributed by atoms with E-state index < -0.39 is 0 Å². The molecule has 0 saturated carbocycles. The highest BCUT2D eigenvalue weighted by Gasteiger charge is 2.12. The average molecular weight is 273 g/mol. The number of phenolic OH excluding ortho intramolecular Hbond substituents is 1. The standard InChI is InChI=1S/C15H19N3O2/c1-11-8-12(2)18(16-11)10-15(20)17(3)9-13-4-6-14(19)7-5-13/h4-8,19H,9-10H2,1-3H3. The van der Waals surface area contributed by atoms with E-state index >= 15 is 0 Å². The Bertz CT molecular complexity index is 602. The van der Waals surface area contributed by atoms with Crippen LogP contribution in [0.15, 0.2) is 30.3 Å². The zero-order chi connectivity index (χ0) is 14.7. The van der Waals surface area contributed by atoms with Gasteiger partial charge in [-0.25, -0.2) is 0 Å². The molecule has 106 valence electrons. The molecule has 0 radical (unpaired) electrons. The van der Waals surface area contributed by atoms with Crippen LogP contribution < -0.4 is 0 Å². The van der Waals surface area contributed by atoms with E-state index in [9.17, 15) is 9.90 Å². The number of phenols is 1. The molecule has 0 atom stereocenters. The fourth-order valence-corrected chi connectivity index (χ4v) is 2.05. The molecule has 1 aromatic carbocycles. The number of aromatic hydroxyl groups is 1. The van der Waals surface area contributed by atoms with E-state index in [-0.39, 0.29) is 18.2 Å². The van der Waals surface area contributed by atoms with Crippen LogP contribution in [-0.2, 0) is 17.9 Å². The molecule has 2 aromatic rings. The smallest absolute Gasteiger partial charge is 0.244 e. The van der Waals surface area contributed by atoms with Gasteiger partial charge < -0.3 is 10.0 Å². The first kappa shape index (κ1) is 14.1. The molecule has 20 heavy (non-hydrogen) atoms. The highest BCUT2D eigenvalue weighted by molar-refractivity contribution is 5.75. The Balaban J connectivity index is 1.98. The largest absolute Gasteiger partial charge is 0.508 e. The number of rotatable bonds is 4. The molecule has 1 amide bonds. The fraction of sp³-hybridized carbons (Fsp3) is 0.333. The molecule has 1 N–H and O–H groups in total. The van der Waals surface area contributed by atoms with Crippen molar-refractivity contribution in [1.29, 1.82) is 0 Å². The number of likely N-dealkylation sites (N-methyl/N-ethyl adjacent to an activating group) is 1. The van der Waals surface area contributed by atoms with E-state index in [0.717, 1.165) is 17.0 Å². The highest BCUT2D eigenvalue weighted by atomic mass is 16.3. The summed E-state index contributed by atoms with van der Waals surface area (Å²) in [5, 5.41) is 13.5. The van der Waals surface area contributed by atoms with Crippen LogP contribution in [0.3, 0.4) is 0 Å². The second-order valence-corrected chi connectivity index (χ2v) is 5.00. The van der Waals surface area contributed by atoms with E-state index in [1.54, 1.807) is 28.8 Å². The summed E-state index contributed by atoms with van der Waals surface area (Å²) in [6, 6.07) is 8.81. The van der Waals surface area contributed by atoms with E-state index in [1.165, 1.54) is 0 Å². The molecule has 5 heteroatoms. The van der Waals surface area contributed by atoms with Crippen LogP contribution in [0.4, 0.5) is 0 Å². The lowest BCUT2D eigenvalue weighted by molar-refractivity contribution is -0.131. The number of aromatic nitrogens is 2. The van der Waals surface area contributed by atoms with Crippen LogP contribution in [0.1, 0.15) is 17.0 Å². The summed E-state index contributed by atoms with van der Waals surface area (Å²) in [5.74, 6) is 0.231. The van der Waals surface area contributed by atoms with E-state index in [2.05, 4.69) is 5.10 Å². The summed E-state index contributed by atoms with van der Waals surface area (Å²) >= 11 is 0. The first-order valence-electron chi connectivity index (χ1n) is 6.48. The zero-order valence-electron chi connectivity index (χ0n) is 12.0. The van der Waals surface area contributed by atoms with Crippen LogP contribution in [0, 0.1) is 13.8 Å². The van der Waals surface area contributed by atoms with Crippen molar-refractivity contribution >= 4 is 5.91 Å². The maximum atomic E-state index is 12.2. The Morgan fingerprint density at radius 2 is 1.95 bits per heavy atom. The number of hydrogen-bond acceptors (Lipinski definition) is 3. The molecule has 0 aliphatic carbocycles. The van der Waals surface area contributed by atoms with Gasteiger partial charge in [0.15, 0.2) is 0 Å². The molecule has 0 unspecified atom stereocenters. The quantitative estimate of drug-likeness (QED) is 0.925. The van der Waals surface area contributed by atoms with Gasteiger partial charge in [-0.1, -0.05) is 12.1 Å². The second kappa shape index (κ2) is 5.77. The molecule has 1 heterocycles. The fourth-order valence-electron chi connectivity index (χ4n) is 2.05. The van der Waals surface area contributed by atoms with Gasteiger partial charge in [-0.05, 0) is 37.6 Å². The van der Waals surface area contributed by atoms with Gasteiger partial charge in [0.25, 0.3) is 0 Å². The van der Waals surface area contributed by atoms with Crippen molar-refractivity contribution in [3.8, 4) is 5.75 Å². The van der Waals surface area contributed by atoms with E-state index in [1.807, 2.05) is 32.0 Å². The van der Waals surface area contributed by atoms with Crippen molar-refractivity contribution in [3.63, 3.8) is 0 Å². The minimum atomic E-state index is 0.00396. The van der Waals surface area contributed by atoms with Gasteiger partial charge in [0, 0.05) is 19.3 Å². The van der Waals surface area contributed by atoms with E-state index in [4.69, 9.17) is 0 Å². The van der Waals surface area contributed by atoms with Gasteiger partial charge in [-0.2, -0.15) is 5.10 Å². The van der Waals surface area contributed by atoms with Gasteiger partial charge in [0.2, 0.25) is 5.91 Å². The van der Waals surface area contributed by atoms with Gasteiger partial charge >= 0.3 is 0 Å². The minimum Gasteiger partial charge on any atom is -0.508 e. The van der Waals surface area contributed by atoms with Crippen molar-refractivity contribution in [2.45, 2.75) is 26.9 Å². The molecule has 2 rings (SSSR count). The highest BCUT2D eigenvalue weighted by Crippen LogP contribution is 2.11. The summed E-state index contributed by atoms with van der Waals surface area (Å²) in [7, 11) is 1.76. The molecule has 0 spiro atoms. The molecule has 0 aliphatic heterocycles. The Hall–Kier alpha value is -2.30. The summed E-state index contributed by atoms with van der Waals surface area (Å²) in [6.07, 6.45) is 0. The Morgan fingerprint density at radius 1 is 1.30 bits per heavy atom. The third-order valence-electron chi connectivity index (χ3n) is 3.17. The second-order valence-electron chi connectivity index (χ2n) is 5.00. The van der Waals surface area contributed by atoms with Crippen LogP contribution >= 0.6 is 0 Å². The monoisotopic (exact) mass is 273 g/mol. The molecule has 0 bridgehead atoms. The Morgan fingerprint density at radius 3 is 2.50 bits per heavy atom. The Kier molecular flexibility index (Phi) is 4.08. The van der Waals surface area contributed by atoms with Crippen LogP contribution in [0.5, 0.6) is 5.75 Å². The summed E-state index contributed by atoms with van der Waals surface area (Å²) in [6.45, 7) is 4.61. The summed E-state index contributed by atoms with van der Waals surface area (Å²) in [4.78, 5) is 13.8. The lowest BCUT2D eigenvalue weighted by Crippen LogP contribution is -2.30. The van der Waals surface area contributed by atoms with Gasteiger partial charge in [-0.3, -0.25) is 9.48 Å². The number of amides is 1. The van der Waals surface area contributed by atoms with Crippen LogP contribution in [-0.4, -0.2) is 32.7 Å². The third-order valence-corrected chi connectivity index (χ3v) is 3.17. The van der Waals surface area contributed by atoms with Crippen molar-refractivity contribution in [3.05, 3.63) is 47.3 Å². The number of carbonyl (C=O) groups excluding carboxylic acids is 1. The lowest BCUT2D eigenvalue weighted by atomic mass is 10.2. The number of hydrogen-bond donors (Lipinski definition) is 1. The first-order chi connectivity index (χ1) is 9.45. The summed E-state index contributed by atoms with van der Waals surface area (Å²) in [5.41, 5.74) is 2.87. The third kappa shape index (κ3) is 3.38. The topological polar surface area (TPSA) is 58.4 Å². The maximum Gasteiger partial charge on any atom is 0.244 e. The number of nitrogens with zero attached hydrogens (tertiary/aromatic N) is 3. The number of benzene rings is 1. The van der Waals surface area contributed by atoms with E-state index in [0.29, 0.717) is 6.54 Å².